The summed E-state index contributed by atoms with van der Waals surface area (Å²) in [6, 6.07) is 8.01. The van der Waals surface area contributed by atoms with Gasteiger partial charge in [0.2, 0.25) is 5.95 Å². The maximum Gasteiger partial charge on any atom is 0.310 e. The van der Waals surface area contributed by atoms with Gasteiger partial charge < -0.3 is 20.7 Å². The normalized spacial score (nSPS) is 13.9. The topological polar surface area (TPSA) is 93.4 Å². The number of nitrogen functional groups attached to an aromatic ring is 1. The molecule has 33 heavy (non-hydrogen) atoms. The molecule has 1 aromatic carbocycles. The summed E-state index contributed by atoms with van der Waals surface area (Å²) in [6.45, 7) is 9.01. The molecule has 0 unspecified atom stereocenters. The number of unbranched alkanes of at least 4 members (excludes halogenated alkanes) is 2. The highest BCUT2D eigenvalue weighted by Crippen LogP contribution is 2.35. The second kappa shape index (κ2) is 13.4. The van der Waals surface area contributed by atoms with Crippen LogP contribution in [0.15, 0.2) is 34.1 Å². The molecule has 0 aliphatic carbocycles. The van der Waals surface area contributed by atoms with Gasteiger partial charge in [-0.3, -0.25) is 4.79 Å². The van der Waals surface area contributed by atoms with Crippen LogP contribution in [0.3, 0.4) is 0 Å². The Bertz CT molecular complexity index is 885. The number of carbonyl (C=O) groups excluding carboxylic acids is 1. The molecule has 1 fully saturated rings. The molecule has 2 aromatic rings. The molecule has 180 valence electrons. The summed E-state index contributed by atoms with van der Waals surface area (Å²) in [6.07, 6.45) is 7.12. The number of nitrogens with zero attached hydrogens (tertiary/aromatic N) is 3. The standard InChI is InChI=1S/C25H37N5O2S/c1-3-4-13-27-24-23(19(2)28-25(26)29-24)33-21-11-9-20(10-12-21)18-22(31)32-17-8-7-16-30-14-5-6-15-30/h9-12H,3-8,13-18H2,1-2H3,(H3,26,27,28,29). The van der Waals surface area contributed by atoms with Crippen molar-refractivity contribution in [2.24, 2.45) is 0 Å². The number of aromatic nitrogens is 2. The first-order chi connectivity index (χ1) is 16.0. The van der Waals surface area contributed by atoms with Crippen LogP contribution >= 0.6 is 11.8 Å². The number of benzene rings is 1. The van der Waals surface area contributed by atoms with Crippen LogP contribution in [0.5, 0.6) is 0 Å². The number of likely N-dealkylation sites (tertiary alicyclic amines) is 1. The number of carbonyl (C=O) groups is 1. The van der Waals surface area contributed by atoms with E-state index in [1.807, 2.05) is 31.2 Å². The molecule has 8 heteroatoms. The van der Waals surface area contributed by atoms with E-state index in [9.17, 15) is 4.79 Å². The lowest BCUT2D eigenvalue weighted by molar-refractivity contribution is -0.142. The van der Waals surface area contributed by atoms with Crippen molar-refractivity contribution in [1.82, 2.24) is 14.9 Å². The first-order valence-corrected chi connectivity index (χ1v) is 12.9. The van der Waals surface area contributed by atoms with E-state index in [1.165, 1.54) is 25.9 Å². The zero-order valence-electron chi connectivity index (χ0n) is 19.9. The van der Waals surface area contributed by atoms with Gasteiger partial charge in [0.25, 0.3) is 0 Å². The number of rotatable bonds is 13. The van der Waals surface area contributed by atoms with E-state index in [4.69, 9.17) is 10.5 Å². The summed E-state index contributed by atoms with van der Waals surface area (Å²) in [5, 5.41) is 3.38. The molecular weight excluding hydrogens is 434 g/mol. The van der Waals surface area contributed by atoms with Gasteiger partial charge in [-0.25, -0.2) is 4.98 Å². The average molecular weight is 472 g/mol. The minimum absolute atomic E-state index is 0.165. The van der Waals surface area contributed by atoms with Gasteiger partial charge in [0.1, 0.15) is 5.82 Å². The summed E-state index contributed by atoms with van der Waals surface area (Å²) in [7, 11) is 0. The smallest absolute Gasteiger partial charge is 0.310 e. The van der Waals surface area contributed by atoms with Crippen LogP contribution in [0.1, 0.15) is 56.7 Å². The third kappa shape index (κ3) is 8.51. The molecule has 2 heterocycles. The Hall–Kier alpha value is -2.32. The molecule has 1 saturated heterocycles. The van der Waals surface area contributed by atoms with E-state index < -0.39 is 0 Å². The third-order valence-electron chi connectivity index (χ3n) is 5.70. The number of esters is 1. The molecule has 7 nitrogen and oxygen atoms in total. The summed E-state index contributed by atoms with van der Waals surface area (Å²) in [5.41, 5.74) is 7.66. The Morgan fingerprint density at radius 3 is 2.64 bits per heavy atom. The number of hydrogen-bond acceptors (Lipinski definition) is 8. The van der Waals surface area contributed by atoms with Crippen molar-refractivity contribution < 1.29 is 9.53 Å². The molecule has 3 rings (SSSR count). The molecule has 1 aromatic heterocycles. The van der Waals surface area contributed by atoms with Crippen molar-refractivity contribution in [2.45, 2.75) is 68.6 Å². The fourth-order valence-corrected chi connectivity index (χ4v) is 4.77. The predicted molar refractivity (Wildman–Crippen MR) is 135 cm³/mol. The van der Waals surface area contributed by atoms with Crippen molar-refractivity contribution in [2.75, 3.05) is 43.8 Å². The molecular formula is C25H37N5O2S. The van der Waals surface area contributed by atoms with Crippen LogP contribution < -0.4 is 11.1 Å². The Morgan fingerprint density at radius 1 is 1.15 bits per heavy atom. The average Bonchev–Trinajstić information content (AvgIpc) is 3.31. The van der Waals surface area contributed by atoms with Crippen LogP contribution in [0.2, 0.25) is 0 Å². The largest absolute Gasteiger partial charge is 0.465 e. The molecule has 0 atom stereocenters. The van der Waals surface area contributed by atoms with Crippen molar-refractivity contribution in [3.8, 4) is 0 Å². The number of nitrogens with two attached hydrogens (primary N) is 1. The van der Waals surface area contributed by atoms with Gasteiger partial charge in [-0.2, -0.15) is 4.98 Å². The van der Waals surface area contributed by atoms with E-state index >= 15 is 0 Å². The molecule has 0 spiro atoms. The maximum atomic E-state index is 12.2. The Balaban J connectivity index is 1.46. The predicted octanol–water partition coefficient (Wildman–Crippen LogP) is 4.69. The highest BCUT2D eigenvalue weighted by atomic mass is 32.2. The van der Waals surface area contributed by atoms with Gasteiger partial charge in [-0.05, 0) is 76.4 Å². The van der Waals surface area contributed by atoms with E-state index in [1.54, 1.807) is 11.8 Å². The van der Waals surface area contributed by atoms with Crippen molar-refractivity contribution >= 4 is 29.5 Å². The first-order valence-electron chi connectivity index (χ1n) is 12.1. The van der Waals surface area contributed by atoms with Gasteiger partial charge in [-0.15, -0.1) is 0 Å². The van der Waals surface area contributed by atoms with Crippen molar-refractivity contribution in [3.63, 3.8) is 0 Å². The van der Waals surface area contributed by atoms with E-state index in [-0.39, 0.29) is 11.9 Å². The molecule has 1 aliphatic rings. The zero-order valence-corrected chi connectivity index (χ0v) is 20.8. The summed E-state index contributed by atoms with van der Waals surface area (Å²) >= 11 is 1.60. The minimum atomic E-state index is -0.165. The zero-order chi connectivity index (χ0) is 23.5. The molecule has 0 radical (unpaired) electrons. The monoisotopic (exact) mass is 471 g/mol. The fourth-order valence-electron chi connectivity index (χ4n) is 3.85. The van der Waals surface area contributed by atoms with Crippen LogP contribution in [-0.2, 0) is 16.0 Å². The van der Waals surface area contributed by atoms with E-state index in [0.717, 1.165) is 65.6 Å². The molecule has 1 aliphatic heterocycles. The number of ether oxygens (including phenoxy) is 1. The van der Waals surface area contributed by atoms with Crippen molar-refractivity contribution in [1.29, 1.82) is 0 Å². The van der Waals surface area contributed by atoms with Crippen LogP contribution in [0.25, 0.3) is 0 Å². The van der Waals surface area contributed by atoms with Gasteiger partial charge in [0.15, 0.2) is 0 Å². The molecule has 0 amide bonds. The van der Waals surface area contributed by atoms with Crippen molar-refractivity contribution in [3.05, 3.63) is 35.5 Å². The van der Waals surface area contributed by atoms with Crippen LogP contribution in [-0.4, -0.2) is 53.6 Å². The Kier molecular flexibility index (Phi) is 10.3. The van der Waals surface area contributed by atoms with E-state index in [2.05, 4.69) is 27.1 Å². The Labute approximate surface area is 201 Å². The number of anilines is 2. The maximum absolute atomic E-state index is 12.2. The summed E-state index contributed by atoms with van der Waals surface area (Å²) in [5.74, 6) is 0.887. The van der Waals surface area contributed by atoms with Gasteiger partial charge in [-0.1, -0.05) is 37.2 Å². The lowest BCUT2D eigenvalue weighted by Crippen LogP contribution is -2.20. The van der Waals surface area contributed by atoms with E-state index in [0.29, 0.717) is 13.0 Å². The lowest BCUT2D eigenvalue weighted by atomic mass is 10.1. The van der Waals surface area contributed by atoms with Crippen LogP contribution in [0, 0.1) is 6.92 Å². The van der Waals surface area contributed by atoms with Gasteiger partial charge in [0.05, 0.1) is 23.6 Å². The second-order valence-electron chi connectivity index (χ2n) is 8.52. The summed E-state index contributed by atoms with van der Waals surface area (Å²) < 4.78 is 5.43. The highest BCUT2D eigenvalue weighted by molar-refractivity contribution is 7.99. The molecule has 0 saturated carbocycles. The Morgan fingerprint density at radius 2 is 1.91 bits per heavy atom. The highest BCUT2D eigenvalue weighted by Gasteiger charge is 2.13. The quantitative estimate of drug-likeness (QED) is 0.321. The number of nitrogens with one attached hydrogen (secondary N) is 1. The third-order valence-corrected chi connectivity index (χ3v) is 6.90. The number of aryl methyl sites for hydroxylation is 1. The first kappa shape index (κ1) is 25.3. The fraction of sp³-hybridized carbons (Fsp3) is 0.560. The van der Waals surface area contributed by atoms with Crippen LogP contribution in [0.4, 0.5) is 11.8 Å². The van der Waals surface area contributed by atoms with Gasteiger partial charge >= 0.3 is 5.97 Å². The van der Waals surface area contributed by atoms with Gasteiger partial charge in [0, 0.05) is 11.4 Å². The molecule has 3 N–H and O–H groups in total. The summed E-state index contributed by atoms with van der Waals surface area (Å²) in [4.78, 5) is 25.4. The second-order valence-corrected chi connectivity index (χ2v) is 9.61. The minimum Gasteiger partial charge on any atom is -0.465 e. The number of hydrogen-bond donors (Lipinski definition) is 2. The molecule has 0 bridgehead atoms. The lowest BCUT2D eigenvalue weighted by Gasteiger charge is -2.14. The SMILES string of the molecule is CCCCNc1nc(N)nc(C)c1Sc1ccc(CC(=O)OCCCCN2CCCC2)cc1.